The van der Waals surface area contributed by atoms with Crippen molar-refractivity contribution in [2.75, 3.05) is 6.54 Å². The number of rotatable bonds is 3. The number of halogens is 2. The zero-order valence-corrected chi connectivity index (χ0v) is 9.89. The van der Waals surface area contributed by atoms with Gasteiger partial charge in [-0.15, -0.1) is 0 Å². The fourth-order valence-electron chi connectivity index (χ4n) is 1.34. The SMILES string of the molecule is NCCc1nc(-c2cccc(Cl)c2Cl)n[nH]1. The van der Waals surface area contributed by atoms with Gasteiger partial charge in [-0.2, -0.15) is 5.10 Å². The van der Waals surface area contributed by atoms with Crippen molar-refractivity contribution in [3.05, 3.63) is 34.1 Å². The molecule has 0 radical (unpaired) electrons. The summed E-state index contributed by atoms with van der Waals surface area (Å²) in [5, 5.41) is 7.83. The first-order chi connectivity index (χ1) is 7.72. The van der Waals surface area contributed by atoms with E-state index in [4.69, 9.17) is 28.9 Å². The van der Waals surface area contributed by atoms with E-state index in [0.717, 1.165) is 5.82 Å². The number of H-pyrrole nitrogens is 1. The van der Waals surface area contributed by atoms with Crippen molar-refractivity contribution < 1.29 is 0 Å². The molecule has 1 heterocycles. The molecule has 16 heavy (non-hydrogen) atoms. The largest absolute Gasteiger partial charge is 0.330 e. The normalized spacial score (nSPS) is 10.7. The molecular formula is C10H10Cl2N4. The lowest BCUT2D eigenvalue weighted by atomic mass is 10.2. The van der Waals surface area contributed by atoms with Crippen molar-refractivity contribution in [3.8, 4) is 11.4 Å². The highest BCUT2D eigenvalue weighted by Crippen LogP contribution is 2.31. The number of benzene rings is 1. The Morgan fingerprint density at radius 1 is 1.31 bits per heavy atom. The first-order valence-corrected chi connectivity index (χ1v) is 5.53. The molecule has 1 aromatic carbocycles. The maximum absolute atomic E-state index is 6.06. The molecule has 0 saturated heterocycles. The Kier molecular flexibility index (Phi) is 3.43. The summed E-state index contributed by atoms with van der Waals surface area (Å²) in [6.45, 7) is 0.526. The van der Waals surface area contributed by atoms with Crippen LogP contribution in [-0.2, 0) is 6.42 Å². The smallest absolute Gasteiger partial charge is 0.182 e. The minimum atomic E-state index is 0.461. The van der Waals surface area contributed by atoms with Crippen LogP contribution >= 0.6 is 23.2 Å². The van der Waals surface area contributed by atoms with Crippen LogP contribution in [-0.4, -0.2) is 21.7 Å². The lowest BCUT2D eigenvalue weighted by Crippen LogP contribution is -2.03. The fourth-order valence-corrected chi connectivity index (χ4v) is 1.73. The predicted octanol–water partition coefficient (Wildman–Crippen LogP) is 2.28. The van der Waals surface area contributed by atoms with Crippen LogP contribution in [0.25, 0.3) is 11.4 Å². The van der Waals surface area contributed by atoms with Gasteiger partial charge >= 0.3 is 0 Å². The summed E-state index contributed by atoms with van der Waals surface area (Å²) in [5.41, 5.74) is 6.14. The number of aromatic amines is 1. The molecule has 0 spiro atoms. The molecule has 2 rings (SSSR count). The second-order valence-corrected chi connectivity index (χ2v) is 4.03. The van der Waals surface area contributed by atoms with Crippen molar-refractivity contribution >= 4 is 23.2 Å². The first-order valence-electron chi connectivity index (χ1n) is 4.78. The van der Waals surface area contributed by atoms with Gasteiger partial charge < -0.3 is 5.73 Å². The van der Waals surface area contributed by atoms with Gasteiger partial charge in [0, 0.05) is 12.0 Å². The summed E-state index contributed by atoms with van der Waals surface area (Å²) in [6.07, 6.45) is 0.658. The molecule has 0 unspecified atom stereocenters. The first kappa shape index (κ1) is 11.4. The number of nitrogens with two attached hydrogens (primary N) is 1. The van der Waals surface area contributed by atoms with Crippen molar-refractivity contribution in [1.82, 2.24) is 15.2 Å². The van der Waals surface area contributed by atoms with Crippen LogP contribution in [0.3, 0.4) is 0 Å². The number of aromatic nitrogens is 3. The van der Waals surface area contributed by atoms with E-state index < -0.39 is 0 Å². The van der Waals surface area contributed by atoms with Crippen LogP contribution in [0.15, 0.2) is 18.2 Å². The molecule has 0 aliphatic heterocycles. The minimum absolute atomic E-state index is 0.461. The van der Waals surface area contributed by atoms with Gasteiger partial charge in [-0.05, 0) is 18.7 Å². The summed E-state index contributed by atoms with van der Waals surface area (Å²) in [7, 11) is 0. The molecule has 0 saturated carbocycles. The monoisotopic (exact) mass is 256 g/mol. The molecule has 0 atom stereocenters. The van der Waals surface area contributed by atoms with Crippen molar-refractivity contribution in [1.29, 1.82) is 0 Å². The lowest BCUT2D eigenvalue weighted by Gasteiger charge is -2.00. The minimum Gasteiger partial charge on any atom is -0.330 e. The molecule has 0 aliphatic rings. The van der Waals surface area contributed by atoms with Crippen LogP contribution in [0.4, 0.5) is 0 Å². The van der Waals surface area contributed by atoms with E-state index >= 15 is 0 Å². The van der Waals surface area contributed by atoms with Gasteiger partial charge in [-0.25, -0.2) is 4.98 Å². The zero-order valence-electron chi connectivity index (χ0n) is 8.37. The molecule has 6 heteroatoms. The van der Waals surface area contributed by atoms with Crippen LogP contribution in [0.2, 0.25) is 10.0 Å². The lowest BCUT2D eigenvalue weighted by molar-refractivity contribution is 0.874. The summed E-state index contributed by atoms with van der Waals surface area (Å²) >= 11 is 12.0. The van der Waals surface area contributed by atoms with Crippen LogP contribution in [0.1, 0.15) is 5.82 Å². The highest BCUT2D eigenvalue weighted by molar-refractivity contribution is 6.43. The highest BCUT2D eigenvalue weighted by atomic mass is 35.5. The predicted molar refractivity (Wildman–Crippen MR) is 64.6 cm³/mol. The van der Waals surface area contributed by atoms with Crippen LogP contribution in [0.5, 0.6) is 0 Å². The van der Waals surface area contributed by atoms with E-state index in [9.17, 15) is 0 Å². The second kappa shape index (κ2) is 4.82. The molecule has 0 amide bonds. The van der Waals surface area contributed by atoms with Crippen molar-refractivity contribution in [2.24, 2.45) is 5.73 Å². The third kappa shape index (κ3) is 2.19. The Morgan fingerprint density at radius 2 is 2.12 bits per heavy atom. The third-order valence-electron chi connectivity index (χ3n) is 2.11. The number of nitrogens with zero attached hydrogens (tertiary/aromatic N) is 2. The van der Waals surface area contributed by atoms with E-state index in [1.807, 2.05) is 12.1 Å². The van der Waals surface area contributed by atoms with Gasteiger partial charge in [-0.3, -0.25) is 5.10 Å². The quantitative estimate of drug-likeness (QED) is 0.886. The molecule has 0 bridgehead atoms. The number of nitrogens with one attached hydrogen (secondary N) is 1. The summed E-state index contributed by atoms with van der Waals surface area (Å²) < 4.78 is 0. The van der Waals surface area contributed by atoms with E-state index in [-0.39, 0.29) is 0 Å². The second-order valence-electron chi connectivity index (χ2n) is 3.25. The van der Waals surface area contributed by atoms with Gasteiger partial charge in [0.2, 0.25) is 0 Å². The molecule has 0 aliphatic carbocycles. The maximum Gasteiger partial charge on any atom is 0.182 e. The molecular weight excluding hydrogens is 247 g/mol. The van der Waals surface area contributed by atoms with Gasteiger partial charge in [0.1, 0.15) is 5.82 Å². The van der Waals surface area contributed by atoms with Gasteiger partial charge in [0.15, 0.2) is 5.82 Å². The fraction of sp³-hybridized carbons (Fsp3) is 0.200. The van der Waals surface area contributed by atoms with Gasteiger partial charge in [0.05, 0.1) is 10.0 Å². The van der Waals surface area contributed by atoms with E-state index in [1.54, 1.807) is 6.07 Å². The Bertz CT molecular complexity index is 495. The molecule has 1 aromatic heterocycles. The summed E-state index contributed by atoms with van der Waals surface area (Å²) in [6, 6.07) is 5.35. The Hall–Kier alpha value is -1.10. The average molecular weight is 257 g/mol. The standard InChI is InChI=1S/C10H10Cl2N4/c11-7-3-1-2-6(9(7)12)10-14-8(4-5-13)15-16-10/h1-3H,4-5,13H2,(H,14,15,16). The Balaban J connectivity index is 2.39. The number of hydrogen-bond acceptors (Lipinski definition) is 3. The Morgan fingerprint density at radius 3 is 2.88 bits per heavy atom. The molecule has 2 aromatic rings. The molecule has 3 N–H and O–H groups in total. The van der Waals surface area contributed by atoms with E-state index in [0.29, 0.717) is 34.4 Å². The topological polar surface area (TPSA) is 67.6 Å². The number of hydrogen-bond donors (Lipinski definition) is 2. The summed E-state index contributed by atoms with van der Waals surface area (Å²) in [4.78, 5) is 4.28. The average Bonchev–Trinajstić information content (AvgIpc) is 2.71. The molecule has 4 nitrogen and oxygen atoms in total. The Labute approximate surface area is 103 Å². The van der Waals surface area contributed by atoms with Gasteiger partial charge in [-0.1, -0.05) is 29.3 Å². The molecule has 0 fully saturated rings. The van der Waals surface area contributed by atoms with Gasteiger partial charge in [0.25, 0.3) is 0 Å². The third-order valence-corrected chi connectivity index (χ3v) is 2.92. The highest BCUT2D eigenvalue weighted by Gasteiger charge is 2.11. The summed E-state index contributed by atoms with van der Waals surface area (Å²) in [5.74, 6) is 1.28. The van der Waals surface area contributed by atoms with Crippen molar-refractivity contribution in [2.45, 2.75) is 6.42 Å². The van der Waals surface area contributed by atoms with Crippen molar-refractivity contribution in [3.63, 3.8) is 0 Å². The van der Waals surface area contributed by atoms with Crippen LogP contribution in [0, 0.1) is 0 Å². The van der Waals surface area contributed by atoms with E-state index in [1.165, 1.54) is 0 Å². The van der Waals surface area contributed by atoms with E-state index in [2.05, 4.69) is 15.2 Å². The van der Waals surface area contributed by atoms with Crippen LogP contribution < -0.4 is 5.73 Å². The maximum atomic E-state index is 6.06. The zero-order chi connectivity index (χ0) is 11.5. The molecule has 84 valence electrons.